The molecule has 0 bridgehead atoms. The summed E-state index contributed by atoms with van der Waals surface area (Å²) in [5, 5.41) is 4.14. The van der Waals surface area contributed by atoms with Crippen molar-refractivity contribution in [3.05, 3.63) is 16.8 Å². The van der Waals surface area contributed by atoms with Crippen LogP contribution in [-0.2, 0) is 0 Å². The summed E-state index contributed by atoms with van der Waals surface area (Å²) in [6.07, 6.45) is 6.83. The van der Waals surface area contributed by atoms with Crippen LogP contribution < -0.4 is 4.74 Å². The zero-order chi connectivity index (χ0) is 11.9. The van der Waals surface area contributed by atoms with Crippen molar-refractivity contribution >= 4 is 18.6 Å². The Bertz CT molecular complexity index is 259. The highest BCUT2D eigenvalue weighted by molar-refractivity contribution is 7.75. The molecule has 0 fully saturated rings. The van der Waals surface area contributed by atoms with Crippen molar-refractivity contribution < 1.29 is 4.74 Å². The maximum atomic E-state index is 5.70. The molecule has 1 aromatic rings. The summed E-state index contributed by atoms with van der Waals surface area (Å²) in [5.74, 6) is 1.04. The van der Waals surface area contributed by atoms with Crippen molar-refractivity contribution in [3.63, 3.8) is 0 Å². The van der Waals surface area contributed by atoms with Crippen LogP contribution in [0.4, 0.5) is 0 Å². The third-order valence-corrected chi connectivity index (χ3v) is 9.50. The predicted molar refractivity (Wildman–Crippen MR) is 77.8 cm³/mol. The summed E-state index contributed by atoms with van der Waals surface area (Å²) in [5.41, 5.74) is 0. The highest BCUT2D eigenvalue weighted by Gasteiger charge is 2.30. The van der Waals surface area contributed by atoms with E-state index in [4.69, 9.17) is 4.74 Å². The Labute approximate surface area is 105 Å². The lowest BCUT2D eigenvalue weighted by molar-refractivity contribution is 0.319. The lowest BCUT2D eigenvalue weighted by Gasteiger charge is -2.23. The molecule has 1 rings (SSSR count). The van der Waals surface area contributed by atoms with Crippen LogP contribution in [-0.4, -0.2) is 31.3 Å². The van der Waals surface area contributed by atoms with Crippen LogP contribution >= 0.6 is 18.6 Å². The number of thiophene rings is 1. The first-order valence-corrected chi connectivity index (χ1v) is 9.73. The lowest BCUT2D eigenvalue weighted by Crippen LogP contribution is -2.10. The Hall–Kier alpha value is -0.0700. The monoisotopic (exact) mass is 259 g/mol. The van der Waals surface area contributed by atoms with Gasteiger partial charge >= 0.3 is 0 Å². The first kappa shape index (κ1) is 14.0. The first-order valence-electron chi connectivity index (χ1n) is 6.26. The third kappa shape index (κ3) is 4.07. The Balaban J connectivity index is 2.23. The van der Waals surface area contributed by atoms with Crippen molar-refractivity contribution in [2.24, 2.45) is 0 Å². The smallest absolute Gasteiger partial charge is 0.129 e. The van der Waals surface area contributed by atoms with Gasteiger partial charge < -0.3 is 4.74 Å². The van der Waals surface area contributed by atoms with Gasteiger partial charge in [0.15, 0.2) is 0 Å². The highest BCUT2D eigenvalue weighted by Crippen LogP contribution is 2.57. The van der Waals surface area contributed by atoms with Gasteiger partial charge in [-0.25, -0.2) is 0 Å². The van der Waals surface area contributed by atoms with Crippen molar-refractivity contribution in [2.45, 2.75) is 27.2 Å². The second-order valence-electron chi connectivity index (χ2n) is 4.17. The molecule has 0 aliphatic rings. The topological polar surface area (TPSA) is 9.23 Å². The standard InChI is InChI=1S/C13H24OPS/c1-4-15(5-2,6-3)10-7-9-14-13-8-11-16-12-13/h8,11-12H,4-7,9-10H2,1-3H3/q+1. The molecule has 1 aromatic heterocycles. The zero-order valence-corrected chi connectivity index (χ0v) is 12.4. The van der Waals surface area contributed by atoms with Crippen LogP contribution in [0.2, 0.25) is 0 Å². The van der Waals surface area contributed by atoms with Gasteiger partial charge in [-0.2, -0.15) is 0 Å². The van der Waals surface area contributed by atoms with Crippen LogP contribution in [0.3, 0.4) is 0 Å². The van der Waals surface area contributed by atoms with E-state index in [0.717, 1.165) is 12.4 Å². The minimum atomic E-state index is -0.623. The van der Waals surface area contributed by atoms with Gasteiger partial charge in [0.2, 0.25) is 0 Å². The average molecular weight is 259 g/mol. The molecular formula is C13H24OPS+. The maximum Gasteiger partial charge on any atom is 0.129 e. The number of hydrogen-bond acceptors (Lipinski definition) is 2. The molecule has 0 spiro atoms. The fourth-order valence-corrected chi connectivity index (χ4v) is 5.73. The average Bonchev–Trinajstić information content (AvgIpc) is 2.83. The van der Waals surface area contributed by atoms with Gasteiger partial charge in [0.25, 0.3) is 0 Å². The van der Waals surface area contributed by atoms with Gasteiger partial charge in [-0.1, -0.05) is 0 Å². The first-order chi connectivity index (χ1) is 7.76. The van der Waals surface area contributed by atoms with Crippen molar-refractivity contribution in [1.82, 2.24) is 0 Å². The van der Waals surface area contributed by atoms with Gasteiger partial charge in [-0.15, -0.1) is 11.3 Å². The fraction of sp³-hybridized carbons (Fsp3) is 0.692. The van der Waals surface area contributed by atoms with Crippen LogP contribution in [0.5, 0.6) is 5.75 Å². The van der Waals surface area contributed by atoms with E-state index in [2.05, 4.69) is 31.5 Å². The molecular weight excluding hydrogens is 235 g/mol. The molecule has 0 unspecified atom stereocenters. The largest absolute Gasteiger partial charge is 0.493 e. The van der Waals surface area contributed by atoms with E-state index in [1.54, 1.807) is 11.3 Å². The number of ether oxygens (including phenoxy) is 1. The fourth-order valence-electron chi connectivity index (χ4n) is 2.07. The minimum Gasteiger partial charge on any atom is -0.493 e. The summed E-state index contributed by atoms with van der Waals surface area (Å²) in [7, 11) is -0.623. The minimum absolute atomic E-state index is 0.623. The SMILES string of the molecule is CC[P+](CC)(CC)CCCOc1ccsc1. The van der Waals surface area contributed by atoms with E-state index in [1.165, 1.54) is 31.1 Å². The molecule has 0 saturated heterocycles. The van der Waals surface area contributed by atoms with Gasteiger partial charge in [0, 0.05) is 19.1 Å². The molecule has 1 nitrogen and oxygen atoms in total. The van der Waals surface area contributed by atoms with E-state index < -0.39 is 7.26 Å². The van der Waals surface area contributed by atoms with Crippen LogP contribution in [0.15, 0.2) is 16.8 Å². The molecule has 0 aromatic carbocycles. The Morgan fingerprint density at radius 3 is 2.38 bits per heavy atom. The van der Waals surface area contributed by atoms with Crippen LogP contribution in [0, 0.1) is 0 Å². The number of hydrogen-bond donors (Lipinski definition) is 0. The molecule has 16 heavy (non-hydrogen) atoms. The molecule has 0 radical (unpaired) electrons. The van der Waals surface area contributed by atoms with E-state index in [9.17, 15) is 0 Å². The van der Waals surface area contributed by atoms with Crippen molar-refractivity contribution in [3.8, 4) is 5.75 Å². The van der Waals surface area contributed by atoms with E-state index >= 15 is 0 Å². The van der Waals surface area contributed by atoms with E-state index in [0.29, 0.717) is 0 Å². The predicted octanol–water partition coefficient (Wildman–Crippen LogP) is 4.59. The normalized spacial score (nSPS) is 11.7. The molecule has 0 atom stereocenters. The molecule has 0 saturated carbocycles. The van der Waals surface area contributed by atoms with Gasteiger partial charge in [0.05, 0.1) is 31.3 Å². The zero-order valence-electron chi connectivity index (χ0n) is 10.7. The van der Waals surface area contributed by atoms with Crippen molar-refractivity contribution in [2.75, 3.05) is 31.3 Å². The van der Waals surface area contributed by atoms with Gasteiger partial charge in [-0.05, 0) is 32.2 Å². The molecule has 0 aliphatic heterocycles. The molecule has 0 aliphatic carbocycles. The Morgan fingerprint density at radius 1 is 1.19 bits per heavy atom. The Kier molecular flexibility index (Phi) is 6.38. The summed E-state index contributed by atoms with van der Waals surface area (Å²) in [6, 6.07) is 2.05. The second kappa shape index (κ2) is 7.29. The summed E-state index contributed by atoms with van der Waals surface area (Å²) in [6.45, 7) is 7.97. The summed E-state index contributed by atoms with van der Waals surface area (Å²) >= 11 is 1.70. The second-order valence-corrected chi connectivity index (χ2v) is 9.98. The quantitative estimate of drug-likeness (QED) is 0.490. The third-order valence-electron chi connectivity index (χ3n) is 3.55. The lowest BCUT2D eigenvalue weighted by atomic mass is 10.5. The molecule has 3 heteroatoms. The molecule has 0 N–H and O–H groups in total. The summed E-state index contributed by atoms with van der Waals surface area (Å²) in [4.78, 5) is 0. The van der Waals surface area contributed by atoms with E-state index in [1.807, 2.05) is 6.07 Å². The number of rotatable bonds is 8. The van der Waals surface area contributed by atoms with Crippen LogP contribution in [0.25, 0.3) is 0 Å². The van der Waals surface area contributed by atoms with Crippen LogP contribution in [0.1, 0.15) is 27.2 Å². The highest BCUT2D eigenvalue weighted by atomic mass is 32.1. The molecule has 1 heterocycles. The van der Waals surface area contributed by atoms with Gasteiger partial charge in [-0.3, -0.25) is 0 Å². The van der Waals surface area contributed by atoms with Crippen molar-refractivity contribution in [1.29, 1.82) is 0 Å². The van der Waals surface area contributed by atoms with E-state index in [-0.39, 0.29) is 0 Å². The molecule has 0 amide bonds. The maximum absolute atomic E-state index is 5.70. The summed E-state index contributed by atoms with van der Waals surface area (Å²) < 4.78 is 5.70. The Morgan fingerprint density at radius 2 is 1.88 bits per heavy atom. The van der Waals surface area contributed by atoms with Gasteiger partial charge in [0.1, 0.15) is 5.75 Å². The molecule has 92 valence electrons.